The molecule has 2 aromatic rings. The number of amides is 1. The molecule has 1 atom stereocenters. The number of aliphatic hydroxyl groups is 1. The summed E-state index contributed by atoms with van der Waals surface area (Å²) in [5.74, 6) is -1.09. The van der Waals surface area contributed by atoms with Crippen LogP contribution < -0.4 is 15.0 Å². The second-order valence-corrected chi connectivity index (χ2v) is 7.51. The lowest BCUT2D eigenvalue weighted by Crippen LogP contribution is -2.39. The molecule has 0 radical (unpaired) electrons. The van der Waals surface area contributed by atoms with E-state index >= 15 is 0 Å². The highest BCUT2D eigenvalue weighted by Crippen LogP contribution is 2.38. The predicted molar refractivity (Wildman–Crippen MR) is 108 cm³/mol. The fourth-order valence-electron chi connectivity index (χ4n) is 3.68. The summed E-state index contributed by atoms with van der Waals surface area (Å²) in [5.41, 5.74) is 1.63. The Morgan fingerprint density at radius 3 is 2.60 bits per heavy atom. The van der Waals surface area contributed by atoms with Gasteiger partial charge in [-0.3, -0.25) is 9.78 Å². The first-order valence-corrected chi connectivity index (χ1v) is 9.98. The van der Waals surface area contributed by atoms with E-state index in [1.54, 1.807) is 18.2 Å². The highest BCUT2D eigenvalue weighted by atomic mass is 19.4. The number of nitrogens with zero attached hydrogens (tertiary/aromatic N) is 2. The van der Waals surface area contributed by atoms with E-state index in [0.717, 1.165) is 0 Å². The van der Waals surface area contributed by atoms with Crippen molar-refractivity contribution in [2.24, 2.45) is 5.92 Å². The van der Waals surface area contributed by atoms with Gasteiger partial charge in [0.2, 0.25) is 0 Å². The number of hydrogen-bond donors (Lipinski definition) is 2. The third kappa shape index (κ3) is 4.77. The molecule has 2 N–H and O–H groups in total. The van der Waals surface area contributed by atoms with E-state index in [2.05, 4.69) is 10.3 Å². The average molecular weight is 425 g/mol. The minimum absolute atomic E-state index is 0.0300. The van der Waals surface area contributed by atoms with Crippen LogP contribution in [0.3, 0.4) is 0 Å². The molecule has 30 heavy (non-hydrogen) atoms. The second kappa shape index (κ2) is 9.07. The maximum atomic E-state index is 13.0. The van der Waals surface area contributed by atoms with Crippen molar-refractivity contribution in [3.05, 3.63) is 30.0 Å². The van der Waals surface area contributed by atoms with Crippen molar-refractivity contribution in [2.75, 3.05) is 31.7 Å². The maximum Gasteiger partial charge on any atom is 0.391 e. The number of ether oxygens (including phenoxy) is 1. The van der Waals surface area contributed by atoms with Crippen molar-refractivity contribution in [1.82, 2.24) is 10.3 Å². The van der Waals surface area contributed by atoms with E-state index in [9.17, 15) is 23.1 Å². The van der Waals surface area contributed by atoms with Gasteiger partial charge >= 0.3 is 6.18 Å². The third-order valence-electron chi connectivity index (χ3n) is 5.58. The molecule has 1 aromatic heterocycles. The van der Waals surface area contributed by atoms with Gasteiger partial charge in [0, 0.05) is 30.7 Å². The van der Waals surface area contributed by atoms with Crippen LogP contribution in [0.15, 0.2) is 24.4 Å². The van der Waals surface area contributed by atoms with Gasteiger partial charge in [0.15, 0.2) is 0 Å². The molecule has 1 aliphatic heterocycles. The van der Waals surface area contributed by atoms with E-state index in [4.69, 9.17) is 4.74 Å². The van der Waals surface area contributed by atoms with Crippen molar-refractivity contribution in [2.45, 2.75) is 38.4 Å². The van der Waals surface area contributed by atoms with Crippen LogP contribution in [0, 0.1) is 5.92 Å². The summed E-state index contributed by atoms with van der Waals surface area (Å²) in [6, 6.07) is 4.84. The number of carbonyl (C=O) groups excluding carboxylic acids is 1. The number of anilines is 1. The second-order valence-electron chi connectivity index (χ2n) is 7.51. The topological polar surface area (TPSA) is 74.7 Å². The largest absolute Gasteiger partial charge is 0.497 e. The molecule has 164 valence electrons. The SMILES string of the molecule is CC[C@H](CO)NC(=O)c1cnc2c(N3CCC(C(F)(F)F)CC3)cc(OC)cc2c1. The number of pyridine rings is 1. The Kier molecular flexibility index (Phi) is 6.70. The fourth-order valence-corrected chi connectivity index (χ4v) is 3.68. The zero-order chi connectivity index (χ0) is 21.9. The molecule has 0 spiro atoms. The Morgan fingerprint density at radius 2 is 2.03 bits per heavy atom. The Labute approximate surface area is 173 Å². The monoisotopic (exact) mass is 425 g/mol. The lowest BCUT2D eigenvalue weighted by atomic mass is 9.95. The van der Waals surface area contributed by atoms with Crippen LogP contribution in [-0.4, -0.2) is 55.0 Å². The highest BCUT2D eigenvalue weighted by molar-refractivity contribution is 6.00. The van der Waals surface area contributed by atoms with Gasteiger partial charge in [-0.25, -0.2) is 0 Å². The zero-order valence-electron chi connectivity index (χ0n) is 17.0. The first-order chi connectivity index (χ1) is 14.3. The standard InChI is InChI=1S/C21H26F3N3O3/c1-3-16(12-28)26-20(29)14-8-13-9-17(30-2)10-18(19(13)25-11-14)27-6-4-15(5-7-27)21(22,23)24/h8-11,15-16,28H,3-7,12H2,1-2H3,(H,26,29)/t16-/m1/s1. The Morgan fingerprint density at radius 1 is 1.33 bits per heavy atom. The van der Waals surface area contributed by atoms with E-state index in [0.29, 0.717) is 34.3 Å². The summed E-state index contributed by atoms with van der Waals surface area (Å²) >= 11 is 0. The van der Waals surface area contributed by atoms with Gasteiger partial charge in [0.1, 0.15) is 5.75 Å². The van der Waals surface area contributed by atoms with Gasteiger partial charge in [-0.15, -0.1) is 0 Å². The smallest absolute Gasteiger partial charge is 0.391 e. The van der Waals surface area contributed by atoms with Crippen molar-refractivity contribution in [3.63, 3.8) is 0 Å². The lowest BCUT2D eigenvalue weighted by molar-refractivity contribution is -0.179. The van der Waals surface area contributed by atoms with Gasteiger partial charge in [0.25, 0.3) is 5.91 Å². The van der Waals surface area contributed by atoms with Crippen LogP contribution in [0.5, 0.6) is 5.75 Å². The summed E-state index contributed by atoms with van der Waals surface area (Å²) in [4.78, 5) is 18.8. The number of rotatable bonds is 6. The minimum Gasteiger partial charge on any atom is -0.497 e. The van der Waals surface area contributed by atoms with Crippen LogP contribution >= 0.6 is 0 Å². The van der Waals surface area contributed by atoms with Gasteiger partial charge < -0.3 is 20.1 Å². The van der Waals surface area contributed by atoms with Crippen molar-refractivity contribution in [3.8, 4) is 5.75 Å². The molecule has 3 rings (SSSR count). The fraction of sp³-hybridized carbons (Fsp3) is 0.524. The van der Waals surface area contributed by atoms with Crippen molar-refractivity contribution in [1.29, 1.82) is 0 Å². The summed E-state index contributed by atoms with van der Waals surface area (Å²) in [7, 11) is 1.51. The lowest BCUT2D eigenvalue weighted by Gasteiger charge is -2.34. The molecule has 2 heterocycles. The van der Waals surface area contributed by atoms with Crippen molar-refractivity contribution >= 4 is 22.5 Å². The molecule has 1 aromatic carbocycles. The molecule has 1 fully saturated rings. The van der Waals surface area contributed by atoms with Crippen LogP contribution in [0.2, 0.25) is 0 Å². The third-order valence-corrected chi connectivity index (χ3v) is 5.58. The molecule has 0 unspecified atom stereocenters. The number of piperidine rings is 1. The van der Waals surface area contributed by atoms with Gasteiger partial charge in [-0.05, 0) is 31.4 Å². The summed E-state index contributed by atoms with van der Waals surface area (Å²) in [6.07, 6.45) is -2.08. The number of halogens is 3. The average Bonchev–Trinajstić information content (AvgIpc) is 2.75. The predicted octanol–water partition coefficient (Wildman–Crippen LogP) is 3.52. The number of fused-ring (bicyclic) bond motifs is 1. The molecule has 1 saturated heterocycles. The molecule has 1 amide bonds. The molecule has 1 aliphatic rings. The molecular weight excluding hydrogens is 399 g/mol. The summed E-state index contributed by atoms with van der Waals surface area (Å²) in [5, 5.41) is 12.7. The number of nitrogens with one attached hydrogen (secondary N) is 1. The molecule has 0 saturated carbocycles. The number of methoxy groups -OCH3 is 1. The maximum absolute atomic E-state index is 13.0. The molecule has 0 aliphatic carbocycles. The van der Waals surface area contributed by atoms with Gasteiger partial charge in [-0.2, -0.15) is 13.2 Å². The highest BCUT2D eigenvalue weighted by Gasteiger charge is 2.41. The summed E-state index contributed by atoms with van der Waals surface area (Å²) < 4.78 is 44.4. The number of benzene rings is 1. The van der Waals surface area contributed by atoms with Crippen LogP contribution in [0.4, 0.5) is 18.9 Å². The van der Waals surface area contributed by atoms with Gasteiger partial charge in [0.05, 0.1) is 42.4 Å². The summed E-state index contributed by atoms with van der Waals surface area (Å²) in [6.45, 7) is 2.24. The number of aliphatic hydroxyl groups excluding tert-OH is 1. The van der Waals surface area contributed by atoms with E-state index in [1.807, 2.05) is 11.8 Å². The van der Waals surface area contributed by atoms with Crippen molar-refractivity contribution < 1.29 is 27.8 Å². The van der Waals surface area contributed by atoms with Crippen LogP contribution in [0.1, 0.15) is 36.5 Å². The number of hydrogen-bond acceptors (Lipinski definition) is 5. The Hall–Kier alpha value is -2.55. The zero-order valence-corrected chi connectivity index (χ0v) is 17.0. The normalized spacial score (nSPS) is 16.5. The number of alkyl halides is 3. The number of aromatic nitrogens is 1. The van der Waals surface area contributed by atoms with Crippen LogP contribution in [0.25, 0.3) is 10.9 Å². The van der Waals surface area contributed by atoms with Gasteiger partial charge in [-0.1, -0.05) is 6.92 Å². The van der Waals surface area contributed by atoms with E-state index in [1.165, 1.54) is 13.3 Å². The molecule has 6 nitrogen and oxygen atoms in total. The quantitative estimate of drug-likeness (QED) is 0.741. The van der Waals surface area contributed by atoms with Crippen LogP contribution in [-0.2, 0) is 0 Å². The van der Waals surface area contributed by atoms with E-state index in [-0.39, 0.29) is 44.5 Å². The Bertz CT molecular complexity index is 892. The molecule has 9 heteroatoms. The molecule has 0 bridgehead atoms. The van der Waals surface area contributed by atoms with E-state index < -0.39 is 12.1 Å². The first kappa shape index (κ1) is 22.1. The first-order valence-electron chi connectivity index (χ1n) is 9.98. The number of carbonyl (C=O) groups is 1. The molecular formula is C21H26F3N3O3. The minimum atomic E-state index is -4.17. The Balaban J connectivity index is 1.90.